The number of anilines is 1. The zero-order valence-corrected chi connectivity index (χ0v) is 10.9. The van der Waals surface area contributed by atoms with Crippen molar-refractivity contribution in [2.75, 3.05) is 11.9 Å². The molecule has 0 bridgehead atoms. The quantitative estimate of drug-likeness (QED) is 0.669. The van der Waals surface area contributed by atoms with Crippen LogP contribution in [0.4, 0.5) is 5.82 Å². The molecular formula is C12H19N5O. The van der Waals surface area contributed by atoms with Crippen LogP contribution in [-0.4, -0.2) is 27.5 Å². The lowest BCUT2D eigenvalue weighted by molar-refractivity contribution is 0.512. The summed E-state index contributed by atoms with van der Waals surface area (Å²) in [5.41, 5.74) is 0.137. The van der Waals surface area contributed by atoms with Crippen LogP contribution in [0.3, 0.4) is 0 Å². The van der Waals surface area contributed by atoms with Gasteiger partial charge in [0.15, 0.2) is 5.82 Å². The molecule has 0 saturated heterocycles. The van der Waals surface area contributed by atoms with E-state index in [-0.39, 0.29) is 35.4 Å². The molecule has 1 unspecified atom stereocenters. The first-order valence-electron chi connectivity index (χ1n) is 5.91. The summed E-state index contributed by atoms with van der Waals surface area (Å²) in [5.74, 6) is 0.226. The SMILES string of the molecule is CCC(C)n1ccnc(NCC(=N)C(C)=N)c1=O. The van der Waals surface area contributed by atoms with Gasteiger partial charge in [-0.05, 0) is 20.3 Å². The Labute approximate surface area is 106 Å². The second-order valence-electron chi connectivity index (χ2n) is 4.20. The zero-order chi connectivity index (χ0) is 13.7. The fourth-order valence-corrected chi connectivity index (χ4v) is 1.39. The second kappa shape index (κ2) is 6.09. The average molecular weight is 249 g/mol. The van der Waals surface area contributed by atoms with Crippen molar-refractivity contribution in [2.45, 2.75) is 33.2 Å². The fourth-order valence-electron chi connectivity index (χ4n) is 1.39. The van der Waals surface area contributed by atoms with Crippen molar-refractivity contribution < 1.29 is 0 Å². The highest BCUT2D eigenvalue weighted by atomic mass is 16.1. The van der Waals surface area contributed by atoms with E-state index in [2.05, 4.69) is 10.3 Å². The molecule has 6 nitrogen and oxygen atoms in total. The second-order valence-corrected chi connectivity index (χ2v) is 4.20. The normalized spacial score (nSPS) is 11.9. The molecule has 3 N–H and O–H groups in total. The van der Waals surface area contributed by atoms with Crippen molar-refractivity contribution in [1.82, 2.24) is 9.55 Å². The summed E-state index contributed by atoms with van der Waals surface area (Å²) in [6, 6.07) is 0.116. The Morgan fingerprint density at radius 1 is 1.56 bits per heavy atom. The highest BCUT2D eigenvalue weighted by molar-refractivity contribution is 6.40. The number of rotatable bonds is 6. The van der Waals surface area contributed by atoms with Gasteiger partial charge in [0.2, 0.25) is 0 Å². The lowest BCUT2D eigenvalue weighted by atomic mass is 10.2. The van der Waals surface area contributed by atoms with Crippen molar-refractivity contribution in [2.24, 2.45) is 0 Å². The maximum Gasteiger partial charge on any atom is 0.293 e. The van der Waals surface area contributed by atoms with Crippen molar-refractivity contribution >= 4 is 17.2 Å². The van der Waals surface area contributed by atoms with Crippen molar-refractivity contribution in [1.29, 1.82) is 10.8 Å². The van der Waals surface area contributed by atoms with Crippen LogP contribution in [0.15, 0.2) is 17.2 Å². The van der Waals surface area contributed by atoms with Gasteiger partial charge in [0, 0.05) is 18.4 Å². The molecule has 1 aromatic rings. The van der Waals surface area contributed by atoms with Gasteiger partial charge in [0.1, 0.15) is 0 Å². The minimum atomic E-state index is -0.192. The molecule has 0 amide bonds. The number of hydrogen-bond acceptors (Lipinski definition) is 5. The van der Waals surface area contributed by atoms with Crippen LogP contribution in [0.1, 0.15) is 33.2 Å². The summed E-state index contributed by atoms with van der Waals surface area (Å²) in [5, 5.41) is 17.6. The highest BCUT2D eigenvalue weighted by Crippen LogP contribution is 2.06. The molecular weight excluding hydrogens is 230 g/mol. The van der Waals surface area contributed by atoms with Gasteiger partial charge < -0.3 is 20.7 Å². The van der Waals surface area contributed by atoms with E-state index in [0.717, 1.165) is 6.42 Å². The topological polar surface area (TPSA) is 94.6 Å². The molecule has 0 aliphatic carbocycles. The Bertz CT molecular complexity index is 505. The zero-order valence-electron chi connectivity index (χ0n) is 10.9. The first-order valence-corrected chi connectivity index (χ1v) is 5.91. The first-order chi connectivity index (χ1) is 8.47. The van der Waals surface area contributed by atoms with Crippen LogP contribution in [0.5, 0.6) is 0 Å². The molecule has 0 fully saturated rings. The van der Waals surface area contributed by atoms with Crippen LogP contribution in [-0.2, 0) is 0 Å². The predicted molar refractivity (Wildman–Crippen MR) is 73.1 cm³/mol. The number of hydrogen-bond donors (Lipinski definition) is 3. The largest absolute Gasteiger partial charge is 0.360 e. The third-order valence-corrected chi connectivity index (χ3v) is 2.82. The molecule has 0 aliphatic heterocycles. The molecule has 1 heterocycles. The highest BCUT2D eigenvalue weighted by Gasteiger charge is 2.09. The smallest absolute Gasteiger partial charge is 0.293 e. The number of aromatic nitrogens is 2. The Morgan fingerprint density at radius 2 is 2.22 bits per heavy atom. The number of nitrogens with one attached hydrogen (secondary N) is 3. The number of nitrogens with zero attached hydrogens (tertiary/aromatic N) is 2. The molecule has 6 heteroatoms. The van der Waals surface area contributed by atoms with E-state index in [4.69, 9.17) is 10.8 Å². The molecule has 0 aromatic carbocycles. The summed E-state index contributed by atoms with van der Waals surface area (Å²) in [4.78, 5) is 16.0. The van der Waals surface area contributed by atoms with Crippen LogP contribution in [0.25, 0.3) is 0 Å². The summed E-state index contributed by atoms with van der Waals surface area (Å²) in [6.45, 7) is 5.66. The molecule has 0 aliphatic rings. The Kier molecular flexibility index (Phi) is 4.76. The Hall–Kier alpha value is -1.98. The third-order valence-electron chi connectivity index (χ3n) is 2.82. The minimum absolute atomic E-state index is 0.116. The fraction of sp³-hybridized carbons (Fsp3) is 0.500. The van der Waals surface area contributed by atoms with E-state index in [1.54, 1.807) is 23.9 Å². The van der Waals surface area contributed by atoms with E-state index in [1.807, 2.05) is 13.8 Å². The standard InChI is InChI=1S/C12H19N5O/c1-4-8(2)17-6-5-15-11(12(17)18)16-7-10(14)9(3)13/h5-6,8,13-14H,4,7H2,1-3H3,(H,15,16). The van der Waals surface area contributed by atoms with Gasteiger partial charge in [-0.3, -0.25) is 4.79 Å². The first kappa shape index (κ1) is 14.1. The minimum Gasteiger partial charge on any atom is -0.360 e. The van der Waals surface area contributed by atoms with Gasteiger partial charge in [-0.25, -0.2) is 4.98 Å². The summed E-state index contributed by atoms with van der Waals surface area (Å²) >= 11 is 0. The lowest BCUT2D eigenvalue weighted by Gasteiger charge is -2.14. The van der Waals surface area contributed by atoms with Gasteiger partial charge in [0.05, 0.1) is 18.0 Å². The maximum absolute atomic E-state index is 12.1. The summed E-state index contributed by atoms with van der Waals surface area (Å²) in [7, 11) is 0. The average Bonchev–Trinajstić information content (AvgIpc) is 2.36. The van der Waals surface area contributed by atoms with Crippen LogP contribution in [0.2, 0.25) is 0 Å². The third kappa shape index (κ3) is 3.26. The van der Waals surface area contributed by atoms with Crippen LogP contribution >= 0.6 is 0 Å². The molecule has 18 heavy (non-hydrogen) atoms. The van der Waals surface area contributed by atoms with Crippen LogP contribution < -0.4 is 10.9 Å². The van der Waals surface area contributed by atoms with Crippen molar-refractivity contribution in [3.8, 4) is 0 Å². The van der Waals surface area contributed by atoms with Crippen LogP contribution in [0, 0.1) is 10.8 Å². The Morgan fingerprint density at radius 3 is 2.78 bits per heavy atom. The molecule has 1 aromatic heterocycles. The molecule has 1 atom stereocenters. The van der Waals surface area contributed by atoms with E-state index >= 15 is 0 Å². The van der Waals surface area contributed by atoms with Gasteiger partial charge in [-0.1, -0.05) is 6.92 Å². The lowest BCUT2D eigenvalue weighted by Crippen LogP contribution is -2.29. The van der Waals surface area contributed by atoms with E-state index in [0.29, 0.717) is 0 Å². The molecule has 98 valence electrons. The predicted octanol–water partition coefficient (Wildman–Crippen LogP) is 1.69. The maximum atomic E-state index is 12.1. The monoisotopic (exact) mass is 249 g/mol. The van der Waals surface area contributed by atoms with E-state index < -0.39 is 0 Å². The summed E-state index contributed by atoms with van der Waals surface area (Å²) < 4.78 is 1.62. The van der Waals surface area contributed by atoms with Gasteiger partial charge in [0.25, 0.3) is 5.56 Å². The molecule has 0 radical (unpaired) electrons. The van der Waals surface area contributed by atoms with Gasteiger partial charge in [-0.2, -0.15) is 0 Å². The van der Waals surface area contributed by atoms with Crippen molar-refractivity contribution in [3.63, 3.8) is 0 Å². The van der Waals surface area contributed by atoms with Gasteiger partial charge >= 0.3 is 0 Å². The molecule has 0 saturated carbocycles. The molecule has 0 spiro atoms. The van der Waals surface area contributed by atoms with E-state index in [9.17, 15) is 4.79 Å². The summed E-state index contributed by atoms with van der Waals surface area (Å²) in [6.07, 6.45) is 4.09. The Balaban J connectivity index is 2.88. The van der Waals surface area contributed by atoms with E-state index in [1.165, 1.54) is 0 Å². The van der Waals surface area contributed by atoms with Gasteiger partial charge in [-0.15, -0.1) is 0 Å². The molecule has 1 rings (SSSR count). The van der Waals surface area contributed by atoms with Crippen molar-refractivity contribution in [3.05, 3.63) is 22.7 Å².